The predicted octanol–water partition coefficient (Wildman–Crippen LogP) is 12.2. The van der Waals surface area contributed by atoms with Crippen LogP contribution in [0.5, 0.6) is 0 Å². The quantitative estimate of drug-likeness (QED) is 0.351. The van der Waals surface area contributed by atoms with Gasteiger partial charge in [-0.25, -0.2) is 0 Å². The lowest BCUT2D eigenvalue weighted by Crippen LogP contribution is -2.52. The Kier molecular flexibility index (Phi) is 6.97. The average Bonchev–Trinajstić information content (AvgIpc) is 2.85. The first-order valence-electron chi connectivity index (χ1n) is 16.0. The molecular formula is C42H54. The van der Waals surface area contributed by atoms with Gasteiger partial charge in [-0.2, -0.15) is 0 Å². The van der Waals surface area contributed by atoms with Crippen LogP contribution < -0.4 is 0 Å². The molecule has 0 heteroatoms. The van der Waals surface area contributed by atoms with Gasteiger partial charge in [0.15, 0.2) is 0 Å². The highest BCUT2D eigenvalue weighted by molar-refractivity contribution is 5.90. The predicted molar refractivity (Wildman–Crippen MR) is 185 cm³/mol. The Labute approximate surface area is 257 Å². The minimum atomic E-state index is -0.134. The van der Waals surface area contributed by atoms with Crippen LogP contribution in [0.15, 0.2) is 83.5 Å². The van der Waals surface area contributed by atoms with Gasteiger partial charge in [0.1, 0.15) is 0 Å². The largest absolute Gasteiger partial charge is 0.0955 e. The minimum Gasteiger partial charge on any atom is -0.0955 e. The summed E-state index contributed by atoms with van der Waals surface area (Å²) in [6.07, 6.45) is 3.29. The van der Waals surface area contributed by atoms with Crippen LogP contribution in [0.4, 0.5) is 0 Å². The molecule has 0 aromatic heterocycles. The van der Waals surface area contributed by atoms with E-state index >= 15 is 0 Å². The molecule has 0 amide bonds. The summed E-state index contributed by atoms with van der Waals surface area (Å²) in [5.74, 6) is 0.442. The second-order valence-electron chi connectivity index (χ2n) is 16.1. The van der Waals surface area contributed by atoms with Gasteiger partial charge in [-0.1, -0.05) is 122 Å². The van der Waals surface area contributed by atoms with Crippen LogP contribution in [0, 0.1) is 23.2 Å². The third-order valence-corrected chi connectivity index (χ3v) is 11.7. The monoisotopic (exact) mass is 558 g/mol. The zero-order valence-corrected chi connectivity index (χ0v) is 28.7. The lowest BCUT2D eigenvalue weighted by atomic mass is 9.41. The first-order valence-corrected chi connectivity index (χ1v) is 16.0. The van der Waals surface area contributed by atoms with Crippen LogP contribution in [0.1, 0.15) is 123 Å². The molecule has 3 aliphatic rings. The summed E-state index contributed by atoms with van der Waals surface area (Å²) in [6, 6.07) is 11.8. The molecule has 42 heavy (non-hydrogen) atoms. The van der Waals surface area contributed by atoms with Gasteiger partial charge in [-0.15, -0.1) is 0 Å². The third-order valence-electron chi connectivity index (χ3n) is 11.7. The Morgan fingerprint density at radius 2 is 1.52 bits per heavy atom. The maximum absolute atomic E-state index is 4.95. The molecule has 222 valence electrons. The lowest BCUT2D eigenvalue weighted by molar-refractivity contribution is 0.0543. The minimum absolute atomic E-state index is 0.0374. The number of benzene rings is 2. The maximum Gasteiger partial charge on any atom is 0.0194 e. The van der Waals surface area contributed by atoms with Crippen LogP contribution in [0.2, 0.25) is 0 Å². The van der Waals surface area contributed by atoms with E-state index in [2.05, 4.69) is 120 Å². The summed E-state index contributed by atoms with van der Waals surface area (Å²) >= 11 is 0. The van der Waals surface area contributed by atoms with Crippen LogP contribution in [-0.4, -0.2) is 0 Å². The number of hydrogen-bond acceptors (Lipinski definition) is 0. The fourth-order valence-corrected chi connectivity index (χ4v) is 9.59. The highest BCUT2D eigenvalue weighted by Gasteiger charge is 2.59. The fraction of sp³-hybridized carbons (Fsp3) is 0.476. The van der Waals surface area contributed by atoms with E-state index in [1.807, 2.05) is 0 Å². The SMILES string of the molecule is C=C(C)C1=C(C)C[C@@]2(C)C[C@@]3(C)Cc4c(C(C)C)cc(-c5ccc(C(C)(C)C)cc5)c(C)c4C(=C)C3=C(C)[C@@]2(C)C1=C. The molecule has 0 radical (unpaired) electrons. The van der Waals surface area contributed by atoms with E-state index in [1.54, 1.807) is 0 Å². The highest BCUT2D eigenvalue weighted by Crippen LogP contribution is 2.70. The Morgan fingerprint density at radius 3 is 2.05 bits per heavy atom. The number of allylic oxidation sites excluding steroid dienone is 7. The topological polar surface area (TPSA) is 0 Å². The van der Waals surface area contributed by atoms with Gasteiger partial charge in [0.2, 0.25) is 0 Å². The van der Waals surface area contributed by atoms with Crippen LogP contribution in [0.25, 0.3) is 16.7 Å². The molecule has 0 saturated heterocycles. The molecule has 0 unspecified atom stereocenters. The molecule has 0 saturated carbocycles. The van der Waals surface area contributed by atoms with Crippen molar-refractivity contribution in [2.45, 2.75) is 114 Å². The van der Waals surface area contributed by atoms with Gasteiger partial charge < -0.3 is 0 Å². The van der Waals surface area contributed by atoms with E-state index in [0.717, 1.165) is 24.8 Å². The van der Waals surface area contributed by atoms with Crippen molar-refractivity contribution in [3.8, 4) is 11.1 Å². The number of hydrogen-bond donors (Lipinski definition) is 0. The van der Waals surface area contributed by atoms with Gasteiger partial charge in [0.05, 0.1) is 0 Å². The van der Waals surface area contributed by atoms with E-state index in [1.165, 1.54) is 72.4 Å². The van der Waals surface area contributed by atoms with Crippen molar-refractivity contribution in [2.24, 2.45) is 16.2 Å². The van der Waals surface area contributed by atoms with Crippen molar-refractivity contribution in [3.05, 3.63) is 111 Å². The first-order chi connectivity index (χ1) is 19.3. The molecule has 0 nitrogen and oxygen atoms in total. The van der Waals surface area contributed by atoms with E-state index < -0.39 is 0 Å². The van der Waals surface area contributed by atoms with Gasteiger partial charge in [0, 0.05) is 5.41 Å². The zero-order chi connectivity index (χ0) is 31.3. The lowest BCUT2D eigenvalue weighted by Gasteiger charge is -2.62. The normalized spacial score (nSPS) is 27.7. The molecule has 0 bridgehead atoms. The van der Waals surface area contributed by atoms with Gasteiger partial charge >= 0.3 is 0 Å². The smallest absolute Gasteiger partial charge is 0.0194 e. The second kappa shape index (κ2) is 9.57. The Morgan fingerprint density at radius 1 is 0.929 bits per heavy atom. The summed E-state index contributed by atoms with van der Waals surface area (Å²) in [5, 5.41) is 0. The molecule has 3 atom stereocenters. The summed E-state index contributed by atoms with van der Waals surface area (Å²) in [5.41, 5.74) is 19.2. The first kappa shape index (κ1) is 30.6. The van der Waals surface area contributed by atoms with E-state index in [-0.39, 0.29) is 21.7 Å². The van der Waals surface area contributed by atoms with Crippen LogP contribution in [-0.2, 0) is 11.8 Å². The van der Waals surface area contributed by atoms with Crippen molar-refractivity contribution >= 4 is 5.57 Å². The third kappa shape index (κ3) is 4.15. The number of fused-ring (bicyclic) bond motifs is 3. The Bertz CT molecular complexity index is 1610. The standard InChI is InChI=1S/C42H54/c1-24(2)33-20-34(31-16-18-32(19-17-31)39(10,11)12)27(6)37-28(7)38-30(9)42(15)29(8)36(25(3)4)26(5)21-41(42,14)23-40(38,13)22-35(33)37/h16-20,24H,3,7-8,21-23H2,1-2,4-6,9-15H3/t40-,41+,42-/m1/s1. The van der Waals surface area contributed by atoms with Crippen molar-refractivity contribution in [1.82, 2.24) is 0 Å². The van der Waals surface area contributed by atoms with E-state index in [4.69, 9.17) is 13.2 Å². The van der Waals surface area contributed by atoms with Gasteiger partial charge in [-0.05, 0) is 130 Å². The Balaban J connectivity index is 1.76. The highest BCUT2D eigenvalue weighted by atomic mass is 14.6. The van der Waals surface area contributed by atoms with E-state index in [9.17, 15) is 0 Å². The summed E-state index contributed by atoms with van der Waals surface area (Å²) in [7, 11) is 0. The molecule has 0 spiro atoms. The van der Waals surface area contributed by atoms with E-state index in [0.29, 0.717) is 5.92 Å². The molecule has 2 aromatic carbocycles. The molecule has 5 rings (SSSR count). The molecule has 3 aliphatic carbocycles. The van der Waals surface area contributed by atoms with Crippen molar-refractivity contribution in [3.63, 3.8) is 0 Å². The second-order valence-corrected chi connectivity index (χ2v) is 16.1. The van der Waals surface area contributed by atoms with Gasteiger partial charge in [-0.3, -0.25) is 0 Å². The molecule has 0 heterocycles. The fourth-order valence-electron chi connectivity index (χ4n) is 9.59. The van der Waals surface area contributed by atoms with Crippen LogP contribution >= 0.6 is 0 Å². The molecular weight excluding hydrogens is 504 g/mol. The molecule has 2 aromatic rings. The Hall–Kier alpha value is -2.86. The molecule has 0 N–H and O–H groups in total. The van der Waals surface area contributed by atoms with Crippen molar-refractivity contribution in [1.29, 1.82) is 0 Å². The summed E-state index contributed by atoms with van der Waals surface area (Å²) in [4.78, 5) is 0. The van der Waals surface area contributed by atoms with Crippen molar-refractivity contribution in [2.75, 3.05) is 0 Å². The summed E-state index contributed by atoms with van der Waals surface area (Å²) in [6.45, 7) is 42.4. The number of rotatable bonds is 3. The average molecular weight is 559 g/mol. The van der Waals surface area contributed by atoms with Crippen LogP contribution in [0.3, 0.4) is 0 Å². The molecule has 0 fully saturated rings. The zero-order valence-electron chi connectivity index (χ0n) is 28.7. The maximum atomic E-state index is 4.95. The van der Waals surface area contributed by atoms with Gasteiger partial charge in [0.25, 0.3) is 0 Å². The summed E-state index contributed by atoms with van der Waals surface area (Å²) < 4.78 is 0. The van der Waals surface area contributed by atoms with Crippen molar-refractivity contribution < 1.29 is 0 Å². The molecule has 0 aliphatic heterocycles.